The number of nitrogens with one attached hydrogen (secondary N) is 1. The summed E-state index contributed by atoms with van der Waals surface area (Å²) in [5.41, 5.74) is 6.56. The van der Waals surface area contributed by atoms with E-state index in [0.717, 1.165) is 12.8 Å². The molecule has 9 nitrogen and oxygen atoms in total. The van der Waals surface area contributed by atoms with E-state index in [0.29, 0.717) is 42.3 Å². The van der Waals surface area contributed by atoms with E-state index in [2.05, 4.69) is 15.3 Å². The van der Waals surface area contributed by atoms with Gasteiger partial charge in [-0.25, -0.2) is 9.97 Å². The minimum atomic E-state index is -0.693. The van der Waals surface area contributed by atoms with Crippen LogP contribution < -0.4 is 11.1 Å². The van der Waals surface area contributed by atoms with Gasteiger partial charge in [0.1, 0.15) is 17.7 Å². The van der Waals surface area contributed by atoms with Crippen molar-refractivity contribution in [2.45, 2.75) is 31.3 Å². The summed E-state index contributed by atoms with van der Waals surface area (Å²) < 4.78 is 6.98. The van der Waals surface area contributed by atoms with Crippen LogP contribution >= 0.6 is 0 Å². The van der Waals surface area contributed by atoms with Crippen LogP contribution in [0.5, 0.6) is 0 Å². The van der Waals surface area contributed by atoms with Gasteiger partial charge in [0.05, 0.1) is 6.26 Å². The number of imidazole rings is 1. The van der Waals surface area contributed by atoms with Crippen molar-refractivity contribution in [3.63, 3.8) is 0 Å². The van der Waals surface area contributed by atoms with Crippen molar-refractivity contribution in [1.29, 1.82) is 0 Å². The lowest BCUT2D eigenvalue weighted by molar-refractivity contribution is 0.0740. The van der Waals surface area contributed by atoms with Gasteiger partial charge < -0.3 is 20.4 Å². The second-order valence-electron chi connectivity index (χ2n) is 7.33. The van der Waals surface area contributed by atoms with E-state index in [1.807, 2.05) is 4.90 Å². The van der Waals surface area contributed by atoms with Gasteiger partial charge in [0.2, 0.25) is 0 Å². The third kappa shape index (κ3) is 2.75. The van der Waals surface area contributed by atoms with Gasteiger partial charge in [-0.1, -0.05) is 0 Å². The molecule has 144 valence electrons. The van der Waals surface area contributed by atoms with Crippen LogP contribution in [-0.2, 0) is 0 Å². The van der Waals surface area contributed by atoms with Crippen LogP contribution in [0.15, 0.2) is 35.2 Å². The lowest BCUT2D eigenvalue weighted by Gasteiger charge is -2.24. The number of amides is 2. The molecule has 0 aromatic carbocycles. The fraction of sp³-hybridized carbons (Fsp3) is 0.368. The zero-order chi connectivity index (χ0) is 19.3. The van der Waals surface area contributed by atoms with E-state index in [1.54, 1.807) is 18.2 Å². The SMILES string of the molecule is NC(=O)c1ncn2c(C(=O)N3CCC4CCC(C3)N4)cc(-c3ccco3)nc12. The molecule has 2 atom stereocenters. The van der Waals surface area contributed by atoms with Gasteiger partial charge in [0, 0.05) is 25.2 Å². The van der Waals surface area contributed by atoms with Crippen LogP contribution in [0.3, 0.4) is 0 Å². The Labute approximate surface area is 160 Å². The summed E-state index contributed by atoms with van der Waals surface area (Å²) in [4.78, 5) is 35.6. The highest BCUT2D eigenvalue weighted by atomic mass is 16.3. The fourth-order valence-electron chi connectivity index (χ4n) is 4.15. The van der Waals surface area contributed by atoms with Gasteiger partial charge in [0.25, 0.3) is 11.8 Å². The van der Waals surface area contributed by atoms with Crippen LogP contribution in [-0.4, -0.2) is 56.3 Å². The second-order valence-corrected chi connectivity index (χ2v) is 7.33. The maximum absolute atomic E-state index is 13.4. The zero-order valence-electron chi connectivity index (χ0n) is 15.2. The number of hydrogen-bond donors (Lipinski definition) is 2. The topological polar surface area (TPSA) is 119 Å². The van der Waals surface area contributed by atoms with Gasteiger partial charge in [-0.3, -0.25) is 14.0 Å². The first-order valence-corrected chi connectivity index (χ1v) is 9.37. The Hall–Kier alpha value is -3.20. The number of likely N-dealkylation sites (tertiary alicyclic amines) is 1. The van der Waals surface area contributed by atoms with Crippen molar-refractivity contribution in [3.05, 3.63) is 42.2 Å². The summed E-state index contributed by atoms with van der Waals surface area (Å²) in [6.45, 7) is 1.34. The van der Waals surface area contributed by atoms with E-state index >= 15 is 0 Å². The van der Waals surface area contributed by atoms with Gasteiger partial charge >= 0.3 is 0 Å². The maximum atomic E-state index is 13.4. The van der Waals surface area contributed by atoms with Gasteiger partial charge in [0.15, 0.2) is 17.1 Å². The first-order chi connectivity index (χ1) is 13.6. The molecule has 3 aromatic rings. The average molecular weight is 380 g/mol. The molecule has 28 heavy (non-hydrogen) atoms. The van der Waals surface area contributed by atoms with Gasteiger partial charge in [-0.15, -0.1) is 0 Å². The third-order valence-electron chi connectivity index (χ3n) is 5.54. The monoisotopic (exact) mass is 380 g/mol. The van der Waals surface area contributed by atoms with E-state index < -0.39 is 5.91 Å². The molecule has 0 radical (unpaired) electrons. The number of aromatic nitrogens is 3. The number of fused-ring (bicyclic) bond motifs is 3. The van der Waals surface area contributed by atoms with Crippen molar-refractivity contribution in [3.8, 4) is 11.5 Å². The second kappa shape index (κ2) is 6.45. The molecule has 0 aliphatic carbocycles. The van der Waals surface area contributed by atoms with E-state index in [1.165, 1.54) is 23.4 Å². The highest BCUT2D eigenvalue weighted by Crippen LogP contribution is 2.25. The Kier molecular flexibility index (Phi) is 3.90. The molecule has 3 N–H and O–H groups in total. The Morgan fingerprint density at radius 3 is 2.89 bits per heavy atom. The molecule has 2 aliphatic heterocycles. The van der Waals surface area contributed by atoms with Crippen molar-refractivity contribution in [2.24, 2.45) is 5.73 Å². The average Bonchev–Trinajstić information content (AvgIpc) is 3.39. The molecule has 2 bridgehead atoms. The van der Waals surface area contributed by atoms with E-state index in [9.17, 15) is 9.59 Å². The summed E-state index contributed by atoms with van der Waals surface area (Å²) in [7, 11) is 0. The number of carbonyl (C=O) groups excluding carboxylic acids is 2. The molecule has 2 amide bonds. The Bertz CT molecular complexity index is 1060. The van der Waals surface area contributed by atoms with Crippen LogP contribution in [0.2, 0.25) is 0 Å². The predicted octanol–water partition coefficient (Wildman–Crippen LogP) is 1.05. The largest absolute Gasteiger partial charge is 0.463 e. The van der Waals surface area contributed by atoms with Gasteiger partial charge in [-0.2, -0.15) is 0 Å². The van der Waals surface area contributed by atoms with Gasteiger partial charge in [-0.05, 0) is 37.5 Å². The molecule has 5 rings (SSSR count). The first kappa shape index (κ1) is 16.9. The number of nitrogens with two attached hydrogens (primary N) is 1. The molecule has 2 fully saturated rings. The summed E-state index contributed by atoms with van der Waals surface area (Å²) >= 11 is 0. The minimum Gasteiger partial charge on any atom is -0.463 e. The standard InChI is InChI=1S/C19H20N6O3/c20-17(26)16-18-23-13(15-2-1-7-28-15)8-14(25(18)10-21-16)19(27)24-6-5-11-3-4-12(9-24)22-11/h1-2,7-8,10-12,22H,3-6,9H2,(H2,20,26). The third-order valence-corrected chi connectivity index (χ3v) is 5.54. The number of nitrogens with zero attached hydrogens (tertiary/aromatic N) is 4. The van der Waals surface area contributed by atoms with E-state index in [4.69, 9.17) is 10.2 Å². The first-order valence-electron chi connectivity index (χ1n) is 9.37. The Morgan fingerprint density at radius 1 is 1.25 bits per heavy atom. The van der Waals surface area contributed by atoms with Crippen molar-refractivity contribution in [2.75, 3.05) is 13.1 Å². The Morgan fingerprint density at radius 2 is 2.11 bits per heavy atom. The maximum Gasteiger partial charge on any atom is 0.271 e. The highest BCUT2D eigenvalue weighted by Gasteiger charge is 2.32. The fourth-order valence-corrected chi connectivity index (χ4v) is 4.15. The molecule has 5 heterocycles. The minimum absolute atomic E-state index is 0.0269. The normalized spacial score (nSPS) is 21.8. The van der Waals surface area contributed by atoms with Crippen LogP contribution in [0.25, 0.3) is 17.1 Å². The molecular weight excluding hydrogens is 360 g/mol. The molecule has 2 saturated heterocycles. The lowest BCUT2D eigenvalue weighted by Crippen LogP contribution is -2.39. The van der Waals surface area contributed by atoms with Crippen LogP contribution in [0.1, 0.15) is 40.2 Å². The van der Waals surface area contributed by atoms with Crippen molar-refractivity contribution >= 4 is 17.5 Å². The zero-order valence-corrected chi connectivity index (χ0v) is 15.2. The Balaban J connectivity index is 1.61. The summed E-state index contributed by atoms with van der Waals surface area (Å²) in [6.07, 6.45) is 6.13. The van der Waals surface area contributed by atoms with E-state index in [-0.39, 0.29) is 17.2 Å². The molecule has 0 spiro atoms. The van der Waals surface area contributed by atoms with Crippen molar-refractivity contribution < 1.29 is 14.0 Å². The quantitative estimate of drug-likeness (QED) is 0.701. The summed E-state index contributed by atoms with van der Waals surface area (Å²) in [6, 6.07) is 5.97. The summed E-state index contributed by atoms with van der Waals surface area (Å²) in [5, 5.41) is 3.58. The van der Waals surface area contributed by atoms with Crippen LogP contribution in [0.4, 0.5) is 0 Å². The molecule has 9 heteroatoms. The molecular formula is C19H20N6O3. The number of rotatable bonds is 3. The molecule has 2 unspecified atom stereocenters. The smallest absolute Gasteiger partial charge is 0.271 e. The summed E-state index contributed by atoms with van der Waals surface area (Å²) in [5.74, 6) is -0.311. The number of carbonyl (C=O) groups is 2. The number of furan rings is 1. The van der Waals surface area contributed by atoms with Crippen LogP contribution in [0, 0.1) is 0 Å². The van der Waals surface area contributed by atoms with Crippen molar-refractivity contribution in [1.82, 2.24) is 24.6 Å². The predicted molar refractivity (Wildman–Crippen MR) is 99.7 cm³/mol. The number of hydrogen-bond acceptors (Lipinski definition) is 6. The molecule has 2 aliphatic rings. The highest BCUT2D eigenvalue weighted by molar-refractivity contribution is 5.99. The molecule has 0 saturated carbocycles. The molecule has 3 aromatic heterocycles. The lowest BCUT2D eigenvalue weighted by atomic mass is 10.1. The number of primary amides is 1.